The van der Waals surface area contributed by atoms with Crippen molar-refractivity contribution in [3.05, 3.63) is 23.8 Å². The maximum Gasteiger partial charge on any atom is 0.215 e. The van der Waals surface area contributed by atoms with Crippen LogP contribution in [0.5, 0.6) is 5.88 Å². The van der Waals surface area contributed by atoms with Crippen molar-refractivity contribution in [3.63, 3.8) is 0 Å². The van der Waals surface area contributed by atoms with Crippen LogP contribution in [-0.2, 0) is 0 Å². The van der Waals surface area contributed by atoms with E-state index in [9.17, 15) is 0 Å². The molecule has 0 radical (unpaired) electrons. The molecule has 0 bridgehead atoms. The number of imidazole rings is 1. The second-order valence-corrected chi connectivity index (χ2v) is 4.06. The Balaban J connectivity index is 2.16. The van der Waals surface area contributed by atoms with Gasteiger partial charge in [0.1, 0.15) is 0 Å². The van der Waals surface area contributed by atoms with Crippen molar-refractivity contribution in [1.29, 1.82) is 0 Å². The van der Waals surface area contributed by atoms with Crippen molar-refractivity contribution in [2.75, 3.05) is 7.11 Å². The molecule has 0 unspecified atom stereocenters. The number of H-pyrrole nitrogens is 1. The molecule has 1 N–H and O–H groups in total. The smallest absolute Gasteiger partial charge is 0.215 e. The van der Waals surface area contributed by atoms with Gasteiger partial charge in [-0.1, -0.05) is 0 Å². The van der Waals surface area contributed by atoms with Crippen molar-refractivity contribution in [2.45, 2.75) is 0 Å². The van der Waals surface area contributed by atoms with E-state index in [1.807, 2.05) is 6.07 Å². The second kappa shape index (κ2) is 3.57. The summed E-state index contributed by atoms with van der Waals surface area (Å²) in [7, 11) is 1.59. The van der Waals surface area contributed by atoms with Gasteiger partial charge in [-0.05, 0) is 6.07 Å². The molecule has 3 heterocycles. The highest BCUT2D eigenvalue weighted by Gasteiger charge is 2.08. The lowest BCUT2D eigenvalue weighted by atomic mass is 10.4. The van der Waals surface area contributed by atoms with Crippen LogP contribution in [0.3, 0.4) is 0 Å². The van der Waals surface area contributed by atoms with E-state index >= 15 is 0 Å². The molecule has 0 aliphatic heterocycles. The number of rotatable bonds is 2. The van der Waals surface area contributed by atoms with Gasteiger partial charge < -0.3 is 9.72 Å². The van der Waals surface area contributed by atoms with Crippen molar-refractivity contribution in [2.24, 2.45) is 0 Å². The van der Waals surface area contributed by atoms with E-state index in [-0.39, 0.29) is 0 Å². The Bertz CT molecular complexity index is 617. The lowest BCUT2D eigenvalue weighted by molar-refractivity contribution is 0.399. The summed E-state index contributed by atoms with van der Waals surface area (Å²) < 4.78 is 5.05. The fraction of sp³-hybridized carbons (Fsp3) is 0.100. The van der Waals surface area contributed by atoms with E-state index in [0.717, 1.165) is 16.2 Å². The number of methoxy groups -OCH3 is 1. The fourth-order valence-corrected chi connectivity index (χ4v) is 2.00. The molecule has 3 rings (SSSR count). The summed E-state index contributed by atoms with van der Waals surface area (Å²) in [5.41, 5.74) is 3.32. The van der Waals surface area contributed by atoms with Crippen molar-refractivity contribution >= 4 is 22.5 Å². The monoisotopic (exact) mass is 232 g/mol. The quantitative estimate of drug-likeness (QED) is 0.734. The molecular formula is C10H8N4OS. The number of hydrogen-bond acceptors (Lipinski definition) is 5. The topological polar surface area (TPSA) is 63.7 Å². The zero-order valence-electron chi connectivity index (χ0n) is 8.47. The second-order valence-electron chi connectivity index (χ2n) is 3.18. The van der Waals surface area contributed by atoms with E-state index in [0.29, 0.717) is 11.5 Å². The predicted molar refractivity (Wildman–Crippen MR) is 61.5 cm³/mol. The van der Waals surface area contributed by atoms with Crippen LogP contribution < -0.4 is 4.74 Å². The Morgan fingerprint density at radius 1 is 1.31 bits per heavy atom. The number of aromatic nitrogens is 4. The number of nitrogens with one attached hydrogen (secondary N) is 1. The third kappa shape index (κ3) is 1.43. The highest BCUT2D eigenvalue weighted by atomic mass is 32.1. The van der Waals surface area contributed by atoms with Gasteiger partial charge in [-0.3, -0.25) is 4.98 Å². The summed E-state index contributed by atoms with van der Waals surface area (Å²) in [6, 6.07) is 3.70. The summed E-state index contributed by atoms with van der Waals surface area (Å²) in [5.74, 6) is 1.35. The van der Waals surface area contributed by atoms with Crippen LogP contribution in [0.1, 0.15) is 0 Å². The molecule has 80 valence electrons. The van der Waals surface area contributed by atoms with Gasteiger partial charge in [-0.25, -0.2) is 4.98 Å². The molecule has 0 aromatic carbocycles. The molecule has 3 aromatic heterocycles. The lowest BCUT2D eigenvalue weighted by Gasteiger charge is -1.95. The molecule has 3 aromatic rings. The first-order valence-electron chi connectivity index (χ1n) is 4.66. The molecule has 0 aliphatic carbocycles. The molecule has 0 aliphatic rings. The fourth-order valence-electron chi connectivity index (χ4n) is 1.44. The summed E-state index contributed by atoms with van der Waals surface area (Å²) in [6.45, 7) is 0. The van der Waals surface area contributed by atoms with Gasteiger partial charge in [0, 0.05) is 12.3 Å². The Hall–Kier alpha value is -1.95. The van der Waals surface area contributed by atoms with Crippen LogP contribution in [0.2, 0.25) is 0 Å². The van der Waals surface area contributed by atoms with Crippen LogP contribution in [-0.4, -0.2) is 27.0 Å². The van der Waals surface area contributed by atoms with Crippen molar-refractivity contribution in [1.82, 2.24) is 19.9 Å². The van der Waals surface area contributed by atoms with Gasteiger partial charge in [0.05, 0.1) is 23.0 Å². The summed E-state index contributed by atoms with van der Waals surface area (Å²) in [6.07, 6.45) is 1.78. The first-order chi connectivity index (χ1) is 7.86. The summed E-state index contributed by atoms with van der Waals surface area (Å²) in [5, 5.41) is 0. The Morgan fingerprint density at radius 3 is 3.00 bits per heavy atom. The van der Waals surface area contributed by atoms with E-state index in [1.54, 1.807) is 24.9 Å². The minimum Gasteiger partial charge on any atom is -0.481 e. The molecule has 0 spiro atoms. The van der Waals surface area contributed by atoms with Crippen LogP contribution in [0.15, 0.2) is 23.8 Å². The van der Waals surface area contributed by atoms with E-state index in [4.69, 9.17) is 4.74 Å². The highest BCUT2D eigenvalue weighted by molar-refractivity contribution is 7.13. The van der Waals surface area contributed by atoms with Crippen LogP contribution >= 0.6 is 11.3 Å². The largest absolute Gasteiger partial charge is 0.481 e. The minimum absolute atomic E-state index is 0.565. The van der Waals surface area contributed by atoms with Crippen LogP contribution in [0, 0.1) is 0 Å². The SMILES string of the molecule is COc1ccc2[nH]c(-c3cncs3)nc2n1. The van der Waals surface area contributed by atoms with Gasteiger partial charge >= 0.3 is 0 Å². The van der Waals surface area contributed by atoms with Gasteiger partial charge in [-0.15, -0.1) is 11.3 Å². The van der Waals surface area contributed by atoms with Crippen LogP contribution in [0.25, 0.3) is 21.9 Å². The number of aromatic amines is 1. The average molecular weight is 232 g/mol. The van der Waals surface area contributed by atoms with E-state index in [2.05, 4.69) is 19.9 Å². The lowest BCUT2D eigenvalue weighted by Crippen LogP contribution is -1.86. The number of pyridine rings is 1. The first kappa shape index (κ1) is 9.29. The Labute approximate surface area is 95.2 Å². The molecule has 0 atom stereocenters. The normalized spacial score (nSPS) is 10.8. The van der Waals surface area contributed by atoms with E-state index < -0.39 is 0 Å². The van der Waals surface area contributed by atoms with Gasteiger partial charge in [0.2, 0.25) is 5.88 Å². The number of ether oxygens (including phenoxy) is 1. The number of nitrogens with zero attached hydrogens (tertiary/aromatic N) is 3. The summed E-state index contributed by atoms with van der Waals surface area (Å²) in [4.78, 5) is 16.8. The molecule has 0 saturated heterocycles. The molecule has 0 saturated carbocycles. The van der Waals surface area contributed by atoms with Crippen molar-refractivity contribution in [3.8, 4) is 16.6 Å². The van der Waals surface area contributed by atoms with Gasteiger partial charge in [0.25, 0.3) is 0 Å². The Kier molecular flexibility index (Phi) is 2.07. The minimum atomic E-state index is 0.565. The molecule has 0 fully saturated rings. The molecule has 6 heteroatoms. The first-order valence-corrected chi connectivity index (χ1v) is 5.54. The number of fused-ring (bicyclic) bond motifs is 1. The summed E-state index contributed by atoms with van der Waals surface area (Å²) >= 11 is 1.54. The number of thiazole rings is 1. The predicted octanol–water partition coefficient (Wildman–Crippen LogP) is 2.09. The highest BCUT2D eigenvalue weighted by Crippen LogP contribution is 2.23. The third-order valence-electron chi connectivity index (χ3n) is 2.20. The Morgan fingerprint density at radius 2 is 2.25 bits per heavy atom. The van der Waals surface area contributed by atoms with Crippen molar-refractivity contribution < 1.29 is 4.74 Å². The average Bonchev–Trinajstić information content (AvgIpc) is 2.96. The van der Waals surface area contributed by atoms with Crippen LogP contribution in [0.4, 0.5) is 0 Å². The van der Waals surface area contributed by atoms with E-state index in [1.165, 1.54) is 11.3 Å². The number of hydrogen-bond donors (Lipinski definition) is 1. The van der Waals surface area contributed by atoms with Gasteiger partial charge in [-0.2, -0.15) is 4.98 Å². The zero-order chi connectivity index (χ0) is 11.0. The molecule has 16 heavy (non-hydrogen) atoms. The maximum absolute atomic E-state index is 5.05. The zero-order valence-corrected chi connectivity index (χ0v) is 9.28. The molecular weight excluding hydrogens is 224 g/mol. The third-order valence-corrected chi connectivity index (χ3v) is 2.98. The maximum atomic E-state index is 5.05. The molecule has 0 amide bonds. The molecule has 5 nitrogen and oxygen atoms in total. The van der Waals surface area contributed by atoms with Gasteiger partial charge in [0.15, 0.2) is 11.5 Å². The standard InChI is InChI=1S/C10H8N4OS/c1-15-8-3-2-6-9(13-8)14-10(12-6)7-4-11-5-16-7/h2-5H,1H3,(H,12,13,14).